The van der Waals surface area contributed by atoms with E-state index in [1.807, 2.05) is 0 Å². The molecule has 1 N–H and O–H groups in total. The number of unbranched alkanes of at least 4 members (excludes halogenated alkanes) is 2. The molecule has 0 atom stereocenters. The van der Waals surface area contributed by atoms with Gasteiger partial charge in [-0.15, -0.1) is 0 Å². The fourth-order valence-corrected chi connectivity index (χ4v) is 3.62. The molecule has 0 bridgehead atoms. The number of carbonyl (C=O) groups excluding carboxylic acids is 2. The molecule has 1 aromatic heterocycles. The Labute approximate surface area is 180 Å². The largest absolute Gasteiger partial charge is 0.511 e. The predicted octanol–water partition coefficient (Wildman–Crippen LogP) is 2.23. The minimum Gasteiger partial charge on any atom is -0.511 e. The second-order valence-electron chi connectivity index (χ2n) is 7.17. The molecule has 4 rings (SSSR count). The van der Waals surface area contributed by atoms with E-state index in [4.69, 9.17) is 16.0 Å². The Morgan fingerprint density at radius 2 is 1.71 bits per heavy atom. The lowest BCUT2D eigenvalue weighted by molar-refractivity contribution is -0.136. The fourth-order valence-electron chi connectivity index (χ4n) is 3.47. The first-order valence-electron chi connectivity index (χ1n) is 9.68. The molecule has 1 aliphatic heterocycles. The molecule has 0 saturated heterocycles. The van der Waals surface area contributed by atoms with Crippen LogP contribution in [0.3, 0.4) is 0 Å². The van der Waals surface area contributed by atoms with Crippen LogP contribution in [0.5, 0.6) is 0 Å². The van der Waals surface area contributed by atoms with E-state index in [1.54, 1.807) is 0 Å². The van der Waals surface area contributed by atoms with Crippen LogP contribution in [0, 0.1) is 0 Å². The van der Waals surface area contributed by atoms with Gasteiger partial charge in [-0.2, -0.15) is 0 Å². The minimum atomic E-state index is -0.433. The van der Waals surface area contributed by atoms with Crippen molar-refractivity contribution in [1.82, 2.24) is 9.88 Å². The van der Waals surface area contributed by atoms with Gasteiger partial charge in [-0.3, -0.25) is 24.1 Å². The van der Waals surface area contributed by atoms with Gasteiger partial charge >= 0.3 is 0 Å². The highest BCUT2D eigenvalue weighted by Gasteiger charge is 2.22. The molecule has 8 nitrogen and oxygen atoms in total. The standard InChI is InChI=1S/C22H17ClN2O6/c23-12-10-14-18(11-17(12)28)31-22-13(24-14)5-6-16(27)21(22)15(26)4-2-1-3-9-25-19(29)7-8-20(25)30/h5-8,10-11,26H,1-4,9H2. The van der Waals surface area contributed by atoms with E-state index in [9.17, 15) is 24.3 Å². The number of amides is 2. The molecule has 158 valence electrons. The number of hydrogen-bond acceptors (Lipinski definition) is 7. The van der Waals surface area contributed by atoms with Crippen molar-refractivity contribution >= 4 is 51.4 Å². The first-order chi connectivity index (χ1) is 14.8. The molecule has 0 spiro atoms. The van der Waals surface area contributed by atoms with Gasteiger partial charge in [-0.25, -0.2) is 4.98 Å². The van der Waals surface area contributed by atoms with Gasteiger partial charge in [0.1, 0.15) is 22.0 Å². The predicted molar refractivity (Wildman–Crippen MR) is 115 cm³/mol. The third-order valence-electron chi connectivity index (χ3n) is 5.05. The molecular weight excluding hydrogens is 424 g/mol. The van der Waals surface area contributed by atoms with Crippen LogP contribution in [0.25, 0.3) is 28.0 Å². The van der Waals surface area contributed by atoms with E-state index in [-0.39, 0.29) is 45.4 Å². The highest BCUT2D eigenvalue weighted by atomic mass is 35.5. The molecule has 9 heteroatoms. The number of hydrogen-bond donors (Lipinski definition) is 1. The number of rotatable bonds is 6. The molecule has 3 aromatic rings. The van der Waals surface area contributed by atoms with Crippen LogP contribution in [0.2, 0.25) is 5.02 Å². The average Bonchev–Trinajstić information content (AvgIpc) is 3.05. The van der Waals surface area contributed by atoms with E-state index in [1.165, 1.54) is 36.4 Å². The van der Waals surface area contributed by atoms with Crippen molar-refractivity contribution in [3.8, 4) is 0 Å². The van der Waals surface area contributed by atoms with Crippen LogP contribution in [-0.2, 0) is 9.59 Å². The summed E-state index contributed by atoms with van der Waals surface area (Å²) in [6, 6.07) is 5.36. The Kier molecular flexibility index (Phi) is 5.56. The van der Waals surface area contributed by atoms with Gasteiger partial charge in [-0.05, 0) is 31.0 Å². The molecule has 2 heterocycles. The second-order valence-corrected chi connectivity index (χ2v) is 7.58. The molecule has 0 unspecified atom stereocenters. The lowest BCUT2D eigenvalue weighted by Crippen LogP contribution is -2.30. The number of aliphatic hydroxyl groups excluding tert-OH is 1. The molecule has 0 fully saturated rings. The quantitative estimate of drug-likeness (QED) is 0.354. The zero-order valence-electron chi connectivity index (χ0n) is 16.3. The summed E-state index contributed by atoms with van der Waals surface area (Å²) in [7, 11) is 0. The third-order valence-corrected chi connectivity index (χ3v) is 5.34. The lowest BCUT2D eigenvalue weighted by Gasteiger charge is -2.13. The summed E-state index contributed by atoms with van der Waals surface area (Å²) in [4.78, 5) is 52.8. The van der Waals surface area contributed by atoms with E-state index in [0.717, 1.165) is 4.90 Å². The van der Waals surface area contributed by atoms with E-state index in [2.05, 4.69) is 4.98 Å². The zero-order valence-corrected chi connectivity index (χ0v) is 17.0. The molecule has 1 aliphatic rings. The molecule has 31 heavy (non-hydrogen) atoms. The van der Waals surface area contributed by atoms with Gasteiger partial charge in [0.05, 0.1) is 5.02 Å². The van der Waals surface area contributed by atoms with Crippen LogP contribution in [0.4, 0.5) is 0 Å². The molecule has 2 aromatic carbocycles. The summed E-state index contributed by atoms with van der Waals surface area (Å²) in [5.74, 6) is -0.795. The van der Waals surface area contributed by atoms with Crippen LogP contribution in [0.15, 0.2) is 50.4 Å². The molecule has 2 amide bonds. The molecule has 0 aliphatic carbocycles. The summed E-state index contributed by atoms with van der Waals surface area (Å²) >= 11 is 5.85. The first kappa shape index (κ1) is 20.7. The highest BCUT2D eigenvalue weighted by molar-refractivity contribution is 6.31. The number of benzene rings is 2. The number of aromatic nitrogens is 1. The minimum absolute atomic E-state index is 0.00315. The van der Waals surface area contributed by atoms with Crippen molar-refractivity contribution in [3.63, 3.8) is 0 Å². The van der Waals surface area contributed by atoms with Gasteiger partial charge < -0.3 is 9.52 Å². The molecule has 0 saturated carbocycles. The summed E-state index contributed by atoms with van der Waals surface area (Å²) < 4.78 is 5.74. The Bertz CT molecular complexity index is 1410. The highest BCUT2D eigenvalue weighted by Crippen LogP contribution is 2.19. The van der Waals surface area contributed by atoms with Crippen LogP contribution < -0.4 is 16.1 Å². The number of imide groups is 1. The number of halogens is 1. The second kappa shape index (κ2) is 8.31. The van der Waals surface area contributed by atoms with Crippen LogP contribution >= 0.6 is 11.6 Å². The Morgan fingerprint density at radius 1 is 0.968 bits per heavy atom. The monoisotopic (exact) mass is 440 g/mol. The van der Waals surface area contributed by atoms with Crippen molar-refractivity contribution in [1.29, 1.82) is 0 Å². The first-order valence-corrected chi connectivity index (χ1v) is 10.1. The van der Waals surface area contributed by atoms with E-state index < -0.39 is 10.9 Å². The number of aliphatic hydroxyl groups is 1. The van der Waals surface area contributed by atoms with Crippen molar-refractivity contribution in [2.24, 2.45) is 0 Å². The Balaban J connectivity index is 1.57. The topological polar surface area (TPSA) is 118 Å². The zero-order chi connectivity index (χ0) is 22.1. The normalized spacial score (nSPS) is 14.8. The summed E-state index contributed by atoms with van der Waals surface area (Å²) in [6.07, 6.45) is 4.43. The van der Waals surface area contributed by atoms with Crippen molar-refractivity contribution in [2.75, 3.05) is 6.54 Å². The van der Waals surface area contributed by atoms with Gasteiger partial charge in [0.2, 0.25) is 5.43 Å². The number of carbonyl (C=O) groups is 2. The average molecular weight is 441 g/mol. The van der Waals surface area contributed by atoms with E-state index in [0.29, 0.717) is 36.8 Å². The van der Waals surface area contributed by atoms with Gasteiger partial charge in [0.15, 0.2) is 16.6 Å². The smallest absolute Gasteiger partial charge is 0.253 e. The Hall–Kier alpha value is -3.52. The fraction of sp³-hybridized carbons (Fsp3) is 0.227. The van der Waals surface area contributed by atoms with Crippen molar-refractivity contribution in [3.05, 3.63) is 67.1 Å². The number of fused-ring (bicyclic) bond motifs is 2. The van der Waals surface area contributed by atoms with Gasteiger partial charge in [-0.1, -0.05) is 18.0 Å². The summed E-state index contributed by atoms with van der Waals surface area (Å²) in [5, 5.41) is 10.6. The maximum Gasteiger partial charge on any atom is 0.253 e. The lowest BCUT2D eigenvalue weighted by atomic mass is 10.1. The summed E-state index contributed by atoms with van der Waals surface area (Å²) in [5.41, 5.74) is 0.111. The Morgan fingerprint density at radius 3 is 2.45 bits per heavy atom. The van der Waals surface area contributed by atoms with Gasteiger partial charge in [0, 0.05) is 31.2 Å². The van der Waals surface area contributed by atoms with Crippen LogP contribution in [0.1, 0.15) is 25.7 Å². The number of nitrogens with zero attached hydrogens (tertiary/aromatic N) is 2. The molecular formula is C22H17ClN2O6. The SMILES string of the molecule is O=C1C=CC(=O)N1CCCCCC(O)=c1c(=O)ccc2nc3cc(Cl)c(=O)cc3oc12. The van der Waals surface area contributed by atoms with Crippen LogP contribution in [-0.4, -0.2) is 33.3 Å². The summed E-state index contributed by atoms with van der Waals surface area (Å²) in [6.45, 7) is 0.303. The van der Waals surface area contributed by atoms with Crippen molar-refractivity contribution < 1.29 is 19.1 Å². The van der Waals surface area contributed by atoms with E-state index >= 15 is 0 Å². The van der Waals surface area contributed by atoms with Gasteiger partial charge in [0.25, 0.3) is 11.8 Å². The maximum atomic E-state index is 12.4. The third kappa shape index (κ3) is 4.06. The van der Waals surface area contributed by atoms with Crippen molar-refractivity contribution in [2.45, 2.75) is 25.7 Å². The molecule has 0 radical (unpaired) electrons. The maximum absolute atomic E-state index is 12.4.